The van der Waals surface area contributed by atoms with Crippen molar-refractivity contribution in [3.8, 4) is 44.8 Å². The largest absolute Gasteiger partial charge is 0.309 e. The first-order valence-corrected chi connectivity index (χ1v) is 17.2. The van der Waals surface area contributed by atoms with Crippen LogP contribution in [0.3, 0.4) is 0 Å². The number of fused-ring (bicyclic) bond motifs is 6. The second-order valence-electron chi connectivity index (χ2n) is 12.9. The van der Waals surface area contributed by atoms with Gasteiger partial charge in [0.25, 0.3) is 0 Å². The minimum absolute atomic E-state index is 1.15. The fourth-order valence-corrected chi connectivity index (χ4v) is 7.88. The molecule has 0 amide bonds. The summed E-state index contributed by atoms with van der Waals surface area (Å²) in [6.07, 6.45) is 0. The molecule has 0 bridgehead atoms. The standard InChI is InChI=1S/C48H32N2/c1-4-15-33(16-5-1)35-27-29-40-41-30-28-36(34-17-6-2-7-18-34)32-47(41)50(46(40)31-35)45-26-13-11-22-39(45)43-24-14-23-42-38-21-10-12-25-44(38)49(48(42)43)37-19-8-3-9-20-37/h1-32H. The molecule has 0 atom stereocenters. The summed E-state index contributed by atoms with van der Waals surface area (Å²) in [4.78, 5) is 0. The molecule has 0 N–H and O–H groups in total. The van der Waals surface area contributed by atoms with E-state index in [4.69, 9.17) is 0 Å². The van der Waals surface area contributed by atoms with E-state index >= 15 is 0 Å². The average Bonchev–Trinajstić information content (AvgIpc) is 3.71. The molecule has 2 aromatic heterocycles. The molecular formula is C48H32N2. The highest BCUT2D eigenvalue weighted by atomic mass is 15.0. The van der Waals surface area contributed by atoms with Crippen LogP contribution >= 0.6 is 0 Å². The molecule has 10 rings (SSSR count). The molecule has 2 nitrogen and oxygen atoms in total. The van der Waals surface area contributed by atoms with E-state index in [1.54, 1.807) is 0 Å². The first-order valence-electron chi connectivity index (χ1n) is 17.2. The molecule has 0 saturated carbocycles. The average molecular weight is 637 g/mol. The molecule has 8 aromatic carbocycles. The lowest BCUT2D eigenvalue weighted by Crippen LogP contribution is -2.00. The van der Waals surface area contributed by atoms with Crippen LogP contribution in [0.25, 0.3) is 88.4 Å². The Balaban J connectivity index is 1.31. The minimum atomic E-state index is 1.15. The fraction of sp³-hybridized carbons (Fsp3) is 0. The van der Waals surface area contributed by atoms with Crippen molar-refractivity contribution in [3.05, 3.63) is 194 Å². The van der Waals surface area contributed by atoms with Gasteiger partial charge in [0.1, 0.15) is 0 Å². The van der Waals surface area contributed by atoms with E-state index in [2.05, 4.69) is 203 Å². The smallest absolute Gasteiger partial charge is 0.0620 e. The van der Waals surface area contributed by atoms with Crippen LogP contribution in [-0.4, -0.2) is 9.13 Å². The summed E-state index contributed by atoms with van der Waals surface area (Å²) >= 11 is 0. The van der Waals surface area contributed by atoms with Crippen molar-refractivity contribution in [3.63, 3.8) is 0 Å². The van der Waals surface area contributed by atoms with Crippen molar-refractivity contribution >= 4 is 43.6 Å². The second kappa shape index (κ2) is 11.5. The second-order valence-corrected chi connectivity index (χ2v) is 12.9. The highest BCUT2D eigenvalue weighted by Gasteiger charge is 2.21. The third-order valence-corrected chi connectivity index (χ3v) is 10.1. The van der Waals surface area contributed by atoms with Gasteiger partial charge in [-0.3, -0.25) is 0 Å². The van der Waals surface area contributed by atoms with E-state index in [9.17, 15) is 0 Å². The fourth-order valence-electron chi connectivity index (χ4n) is 7.88. The maximum absolute atomic E-state index is 2.49. The van der Waals surface area contributed by atoms with E-state index in [0.29, 0.717) is 0 Å². The summed E-state index contributed by atoms with van der Waals surface area (Å²) in [6.45, 7) is 0. The molecule has 0 unspecified atom stereocenters. The number of hydrogen-bond donors (Lipinski definition) is 0. The van der Waals surface area contributed by atoms with Crippen LogP contribution < -0.4 is 0 Å². The molecule has 234 valence electrons. The van der Waals surface area contributed by atoms with Crippen LogP contribution in [0.5, 0.6) is 0 Å². The van der Waals surface area contributed by atoms with Gasteiger partial charge in [-0.15, -0.1) is 0 Å². The van der Waals surface area contributed by atoms with Gasteiger partial charge in [0.15, 0.2) is 0 Å². The number of nitrogens with zero attached hydrogens (tertiary/aromatic N) is 2. The van der Waals surface area contributed by atoms with Crippen LogP contribution in [0.2, 0.25) is 0 Å². The molecule has 2 heterocycles. The van der Waals surface area contributed by atoms with Crippen molar-refractivity contribution in [1.82, 2.24) is 9.13 Å². The van der Waals surface area contributed by atoms with E-state index in [1.807, 2.05) is 0 Å². The Kier molecular flexibility index (Phi) is 6.53. The Bertz CT molecular complexity index is 2740. The number of para-hydroxylation sites is 4. The van der Waals surface area contributed by atoms with Gasteiger partial charge >= 0.3 is 0 Å². The van der Waals surface area contributed by atoms with Crippen molar-refractivity contribution < 1.29 is 0 Å². The normalized spacial score (nSPS) is 11.6. The zero-order valence-electron chi connectivity index (χ0n) is 27.4. The predicted octanol–water partition coefficient (Wildman–Crippen LogP) is 12.9. The Morgan fingerprint density at radius 1 is 0.280 bits per heavy atom. The molecule has 2 heteroatoms. The van der Waals surface area contributed by atoms with Crippen molar-refractivity contribution in [2.75, 3.05) is 0 Å². The molecule has 10 aromatic rings. The van der Waals surface area contributed by atoms with Gasteiger partial charge < -0.3 is 9.13 Å². The first kappa shape index (κ1) is 28.4. The van der Waals surface area contributed by atoms with E-state index < -0.39 is 0 Å². The topological polar surface area (TPSA) is 9.86 Å². The van der Waals surface area contributed by atoms with Gasteiger partial charge in [0.05, 0.1) is 27.8 Å². The lowest BCUT2D eigenvalue weighted by Gasteiger charge is -2.17. The number of benzene rings is 8. The highest BCUT2D eigenvalue weighted by Crippen LogP contribution is 2.43. The van der Waals surface area contributed by atoms with E-state index in [0.717, 1.165) is 11.4 Å². The third-order valence-electron chi connectivity index (χ3n) is 10.1. The third kappa shape index (κ3) is 4.43. The SMILES string of the molecule is c1ccc(-c2ccc3c4ccc(-c5ccccc5)cc4n(-c4ccccc4-c4cccc5c6ccccc6n(-c6ccccc6)c45)c3c2)cc1. The van der Waals surface area contributed by atoms with Crippen LogP contribution in [-0.2, 0) is 0 Å². The van der Waals surface area contributed by atoms with Gasteiger partial charge in [-0.05, 0) is 58.7 Å². The summed E-state index contributed by atoms with van der Waals surface area (Å²) in [5.74, 6) is 0. The first-order chi connectivity index (χ1) is 24.8. The summed E-state index contributed by atoms with van der Waals surface area (Å²) < 4.78 is 4.93. The summed E-state index contributed by atoms with van der Waals surface area (Å²) in [5, 5.41) is 4.98. The van der Waals surface area contributed by atoms with Gasteiger partial charge in [-0.25, -0.2) is 0 Å². The Morgan fingerprint density at radius 3 is 1.44 bits per heavy atom. The van der Waals surface area contributed by atoms with Crippen LogP contribution in [0.1, 0.15) is 0 Å². The number of rotatable bonds is 5. The number of hydrogen-bond acceptors (Lipinski definition) is 0. The van der Waals surface area contributed by atoms with Gasteiger partial charge in [-0.1, -0.05) is 158 Å². The lowest BCUT2D eigenvalue weighted by atomic mass is 9.99. The molecule has 0 aliphatic carbocycles. The highest BCUT2D eigenvalue weighted by molar-refractivity contribution is 6.15. The van der Waals surface area contributed by atoms with Crippen molar-refractivity contribution in [1.29, 1.82) is 0 Å². The molecular weight excluding hydrogens is 605 g/mol. The van der Waals surface area contributed by atoms with E-state index in [1.165, 1.54) is 77.0 Å². The zero-order chi connectivity index (χ0) is 33.0. The summed E-state index contributed by atoms with van der Waals surface area (Å²) in [7, 11) is 0. The molecule has 0 aliphatic rings. The number of aromatic nitrogens is 2. The zero-order valence-corrected chi connectivity index (χ0v) is 27.4. The van der Waals surface area contributed by atoms with Gasteiger partial charge in [0.2, 0.25) is 0 Å². The Morgan fingerprint density at radius 2 is 0.780 bits per heavy atom. The maximum atomic E-state index is 2.49. The molecule has 0 spiro atoms. The van der Waals surface area contributed by atoms with Crippen molar-refractivity contribution in [2.24, 2.45) is 0 Å². The van der Waals surface area contributed by atoms with E-state index in [-0.39, 0.29) is 0 Å². The lowest BCUT2D eigenvalue weighted by molar-refractivity contribution is 1.17. The van der Waals surface area contributed by atoms with Crippen LogP contribution in [0, 0.1) is 0 Å². The Hall–Kier alpha value is -6.64. The Labute approximate surface area is 290 Å². The summed E-state index contributed by atoms with van der Waals surface area (Å²) in [6, 6.07) is 70.4. The molecule has 0 fully saturated rings. The van der Waals surface area contributed by atoms with Crippen molar-refractivity contribution in [2.45, 2.75) is 0 Å². The predicted molar refractivity (Wildman–Crippen MR) is 211 cm³/mol. The minimum Gasteiger partial charge on any atom is -0.309 e. The molecule has 50 heavy (non-hydrogen) atoms. The van der Waals surface area contributed by atoms with Gasteiger partial charge in [0, 0.05) is 38.4 Å². The summed E-state index contributed by atoms with van der Waals surface area (Å²) in [5.41, 5.74) is 14.3. The van der Waals surface area contributed by atoms with Crippen LogP contribution in [0.4, 0.5) is 0 Å². The molecule has 0 aliphatic heterocycles. The molecule has 0 saturated heterocycles. The quantitative estimate of drug-likeness (QED) is 0.178. The molecule has 0 radical (unpaired) electrons. The maximum Gasteiger partial charge on any atom is 0.0620 e. The monoisotopic (exact) mass is 636 g/mol. The van der Waals surface area contributed by atoms with Crippen LogP contribution in [0.15, 0.2) is 194 Å². The van der Waals surface area contributed by atoms with Gasteiger partial charge in [-0.2, -0.15) is 0 Å².